The summed E-state index contributed by atoms with van der Waals surface area (Å²) >= 11 is 0. The van der Waals surface area contributed by atoms with Gasteiger partial charge in [0.2, 0.25) is 0 Å². The fourth-order valence-corrected chi connectivity index (χ4v) is 6.37. The molecule has 0 amide bonds. The lowest BCUT2D eigenvalue weighted by molar-refractivity contribution is 0.0773. The maximum atomic E-state index is 6.68. The van der Waals surface area contributed by atoms with Crippen LogP contribution in [0.5, 0.6) is 11.5 Å². The van der Waals surface area contributed by atoms with Crippen LogP contribution < -0.4 is 9.47 Å². The number of methoxy groups -OCH3 is 1. The zero-order chi connectivity index (χ0) is 24.8. The van der Waals surface area contributed by atoms with Crippen LogP contribution in [0.4, 0.5) is 0 Å². The number of aromatic amines is 2. The van der Waals surface area contributed by atoms with Crippen LogP contribution >= 0.6 is 0 Å². The van der Waals surface area contributed by atoms with Crippen LogP contribution in [0, 0.1) is 13.8 Å². The first kappa shape index (κ1) is 21.4. The molecule has 2 aromatic heterocycles. The van der Waals surface area contributed by atoms with E-state index in [0.717, 1.165) is 34.5 Å². The Labute approximate surface area is 210 Å². The highest BCUT2D eigenvalue weighted by atomic mass is 16.5. The summed E-state index contributed by atoms with van der Waals surface area (Å²) in [6.45, 7) is 8.69. The lowest BCUT2D eigenvalue weighted by Crippen LogP contribution is -2.35. The van der Waals surface area contributed by atoms with Gasteiger partial charge < -0.3 is 19.4 Å². The molecule has 4 heteroatoms. The third-order valence-electron chi connectivity index (χ3n) is 7.96. The van der Waals surface area contributed by atoms with Crippen molar-refractivity contribution in [2.24, 2.45) is 0 Å². The first-order chi connectivity index (χ1) is 17.3. The summed E-state index contributed by atoms with van der Waals surface area (Å²) in [5.41, 5.74) is 9.26. The largest absolute Gasteiger partial charge is 0.496 e. The average molecular weight is 475 g/mol. The van der Waals surface area contributed by atoms with Gasteiger partial charge in [0.25, 0.3) is 0 Å². The van der Waals surface area contributed by atoms with Crippen LogP contribution in [0.15, 0.2) is 60.7 Å². The molecule has 0 spiro atoms. The van der Waals surface area contributed by atoms with E-state index < -0.39 is 0 Å². The molecule has 0 saturated carbocycles. The molecule has 1 aliphatic rings. The summed E-state index contributed by atoms with van der Waals surface area (Å²) in [6.07, 6.45) is 0.894. The molecule has 3 heterocycles. The number of H-pyrrole nitrogens is 2. The van der Waals surface area contributed by atoms with Gasteiger partial charge in [0.05, 0.1) is 23.7 Å². The van der Waals surface area contributed by atoms with E-state index in [-0.39, 0.29) is 11.5 Å². The maximum absolute atomic E-state index is 6.68. The number of fused-ring (bicyclic) bond motifs is 8. The van der Waals surface area contributed by atoms with Gasteiger partial charge in [0.15, 0.2) is 0 Å². The number of para-hydroxylation sites is 2. The van der Waals surface area contributed by atoms with Gasteiger partial charge >= 0.3 is 0 Å². The normalized spacial score (nSPS) is 17.1. The van der Waals surface area contributed by atoms with Crippen LogP contribution in [-0.4, -0.2) is 22.7 Å². The number of aryl methyl sites for hydroxylation is 2. The molecule has 6 aromatic rings. The zero-order valence-electron chi connectivity index (χ0n) is 21.4. The topological polar surface area (TPSA) is 50.0 Å². The first-order valence-electron chi connectivity index (χ1n) is 12.7. The van der Waals surface area contributed by atoms with Gasteiger partial charge in [-0.2, -0.15) is 0 Å². The van der Waals surface area contributed by atoms with Crippen molar-refractivity contribution in [3.05, 3.63) is 82.9 Å². The SMILES string of the molecule is COc1cc2[nH]c3c(C4CC(C)(C)Oc5c(C)cc6c([nH]c7ccccc76)c54)cccc3c2cc1C. The van der Waals surface area contributed by atoms with Crippen molar-refractivity contribution in [3.63, 3.8) is 0 Å². The number of aromatic nitrogens is 2. The number of rotatable bonds is 2. The van der Waals surface area contributed by atoms with E-state index >= 15 is 0 Å². The highest BCUT2D eigenvalue weighted by Crippen LogP contribution is 2.51. The molecule has 7 rings (SSSR count). The van der Waals surface area contributed by atoms with Gasteiger partial charge in [0.1, 0.15) is 17.1 Å². The monoisotopic (exact) mass is 474 g/mol. The second-order valence-corrected chi connectivity index (χ2v) is 10.9. The molecular formula is C32H30N2O2. The maximum Gasteiger partial charge on any atom is 0.128 e. The number of ether oxygens (including phenoxy) is 2. The first-order valence-corrected chi connectivity index (χ1v) is 12.7. The molecule has 0 bridgehead atoms. The highest BCUT2D eigenvalue weighted by Gasteiger charge is 2.38. The van der Waals surface area contributed by atoms with Crippen molar-refractivity contribution in [3.8, 4) is 11.5 Å². The molecule has 1 atom stereocenters. The molecule has 2 N–H and O–H groups in total. The fraction of sp³-hybridized carbons (Fsp3) is 0.250. The molecule has 0 fully saturated rings. The van der Waals surface area contributed by atoms with E-state index in [1.165, 1.54) is 49.3 Å². The van der Waals surface area contributed by atoms with E-state index in [1.54, 1.807) is 7.11 Å². The number of benzene rings is 4. The van der Waals surface area contributed by atoms with E-state index in [0.29, 0.717) is 0 Å². The van der Waals surface area contributed by atoms with E-state index in [9.17, 15) is 0 Å². The third-order valence-corrected chi connectivity index (χ3v) is 7.96. The molecule has 1 unspecified atom stereocenters. The molecular weight excluding hydrogens is 444 g/mol. The Hall–Kier alpha value is -3.92. The molecule has 1 aliphatic heterocycles. The highest BCUT2D eigenvalue weighted by molar-refractivity contribution is 6.11. The number of hydrogen-bond donors (Lipinski definition) is 2. The van der Waals surface area contributed by atoms with Gasteiger partial charge in [-0.05, 0) is 69.0 Å². The van der Waals surface area contributed by atoms with Crippen molar-refractivity contribution >= 4 is 43.6 Å². The van der Waals surface area contributed by atoms with Crippen molar-refractivity contribution < 1.29 is 9.47 Å². The van der Waals surface area contributed by atoms with Crippen molar-refractivity contribution in [2.45, 2.75) is 45.6 Å². The Morgan fingerprint density at radius 1 is 0.806 bits per heavy atom. The van der Waals surface area contributed by atoms with E-state index in [2.05, 4.69) is 98.3 Å². The zero-order valence-corrected chi connectivity index (χ0v) is 21.4. The van der Waals surface area contributed by atoms with Gasteiger partial charge in [0, 0.05) is 44.6 Å². The molecule has 0 radical (unpaired) electrons. The predicted molar refractivity (Wildman–Crippen MR) is 149 cm³/mol. The minimum absolute atomic E-state index is 0.180. The Morgan fingerprint density at radius 3 is 2.39 bits per heavy atom. The van der Waals surface area contributed by atoms with Crippen LogP contribution in [0.3, 0.4) is 0 Å². The minimum atomic E-state index is -0.282. The van der Waals surface area contributed by atoms with E-state index in [1.807, 2.05) is 0 Å². The van der Waals surface area contributed by atoms with Crippen LogP contribution in [0.1, 0.15) is 48.4 Å². The van der Waals surface area contributed by atoms with Gasteiger partial charge in [-0.1, -0.05) is 36.4 Å². The minimum Gasteiger partial charge on any atom is -0.496 e. The number of hydrogen-bond acceptors (Lipinski definition) is 2. The average Bonchev–Trinajstić information content (AvgIpc) is 3.40. The summed E-state index contributed by atoms with van der Waals surface area (Å²) < 4.78 is 12.3. The van der Waals surface area contributed by atoms with E-state index in [4.69, 9.17) is 9.47 Å². The molecule has 0 aliphatic carbocycles. The smallest absolute Gasteiger partial charge is 0.128 e. The quantitative estimate of drug-likeness (QED) is 0.265. The molecule has 180 valence electrons. The van der Waals surface area contributed by atoms with Crippen LogP contribution in [0.2, 0.25) is 0 Å². The van der Waals surface area contributed by atoms with Gasteiger partial charge in [-0.3, -0.25) is 0 Å². The summed E-state index contributed by atoms with van der Waals surface area (Å²) in [7, 11) is 1.73. The predicted octanol–water partition coefficient (Wildman–Crippen LogP) is 8.27. The van der Waals surface area contributed by atoms with Crippen molar-refractivity contribution in [1.29, 1.82) is 0 Å². The fourth-order valence-electron chi connectivity index (χ4n) is 6.37. The van der Waals surface area contributed by atoms with Crippen molar-refractivity contribution in [1.82, 2.24) is 9.97 Å². The van der Waals surface area contributed by atoms with Crippen LogP contribution in [-0.2, 0) is 0 Å². The Balaban J connectivity index is 1.56. The Kier molecular flexibility index (Phi) is 4.33. The lowest BCUT2D eigenvalue weighted by Gasteiger charge is -2.39. The van der Waals surface area contributed by atoms with Crippen LogP contribution in [0.25, 0.3) is 43.6 Å². The Bertz CT molecular complexity index is 1840. The standard InChI is InChI=1S/C32H30N2O2/c1-17-13-22-20-10-8-11-21(29(20)34-26(22)15-27(17)35-5)24-16-32(3,4)36-31-18(2)14-23-19-9-6-7-12-25(19)33-30(23)28(24)31/h6-15,24,33-34H,16H2,1-5H3. The molecule has 4 nitrogen and oxygen atoms in total. The summed E-state index contributed by atoms with van der Waals surface area (Å²) in [6, 6.07) is 21.9. The Morgan fingerprint density at radius 2 is 1.56 bits per heavy atom. The van der Waals surface area contributed by atoms with Gasteiger partial charge in [-0.25, -0.2) is 0 Å². The number of nitrogens with one attached hydrogen (secondary N) is 2. The summed E-state index contributed by atoms with van der Waals surface area (Å²) in [5, 5.41) is 5.00. The van der Waals surface area contributed by atoms with Gasteiger partial charge in [-0.15, -0.1) is 0 Å². The third kappa shape index (κ3) is 2.94. The second kappa shape index (κ2) is 7.30. The van der Waals surface area contributed by atoms with Crippen molar-refractivity contribution in [2.75, 3.05) is 7.11 Å². The molecule has 36 heavy (non-hydrogen) atoms. The second-order valence-electron chi connectivity index (χ2n) is 10.9. The lowest BCUT2D eigenvalue weighted by atomic mass is 9.78. The molecule has 4 aromatic carbocycles. The summed E-state index contributed by atoms with van der Waals surface area (Å²) in [4.78, 5) is 7.51. The molecule has 0 saturated heterocycles. The summed E-state index contributed by atoms with van der Waals surface area (Å²) in [5.74, 6) is 2.10.